The van der Waals surface area contributed by atoms with Crippen molar-refractivity contribution in [2.45, 2.75) is 0 Å². The number of hydrogen-bond donors (Lipinski definition) is 0. The Morgan fingerprint density at radius 3 is 2.82 bits per heavy atom. The molecule has 0 spiro atoms. The maximum atomic E-state index is 11.0. The van der Waals surface area contributed by atoms with E-state index in [0.29, 0.717) is 5.69 Å². The number of rotatable bonds is 2. The third-order valence-electron chi connectivity index (χ3n) is 1.28. The van der Waals surface area contributed by atoms with Gasteiger partial charge in [0, 0.05) is 7.05 Å². The van der Waals surface area contributed by atoms with Crippen molar-refractivity contribution in [1.29, 1.82) is 0 Å². The van der Waals surface area contributed by atoms with Crippen LogP contribution in [0.4, 0.5) is 0 Å². The summed E-state index contributed by atoms with van der Waals surface area (Å²) in [7, 11) is 1.69. The highest BCUT2D eigenvalue weighted by Gasteiger charge is 2.13. The molecule has 3 nitrogen and oxygen atoms in total. The number of aromatic nitrogens is 2. The Hall–Kier alpha value is -0.540. The summed E-state index contributed by atoms with van der Waals surface area (Å²) in [6, 6.07) is 0. The summed E-state index contributed by atoms with van der Waals surface area (Å²) in [5.41, 5.74) is 0.363. The molecule has 0 aliphatic heterocycles. The number of nitrogens with zero attached hydrogens (tertiary/aromatic N) is 2. The van der Waals surface area contributed by atoms with E-state index in [1.807, 2.05) is 0 Å². The number of aryl methyl sites for hydroxylation is 1. The molecule has 1 aromatic heterocycles. The number of carbonyl (C=O) groups excluding carboxylic acids is 1. The van der Waals surface area contributed by atoms with Crippen LogP contribution < -0.4 is 0 Å². The minimum atomic E-state index is -0.211. The lowest BCUT2D eigenvalue weighted by atomic mass is 10.3. The van der Waals surface area contributed by atoms with Crippen LogP contribution in [0.3, 0.4) is 0 Å². The first-order chi connectivity index (χ1) is 5.16. The number of carbonyl (C=O) groups is 1. The van der Waals surface area contributed by atoms with Gasteiger partial charge in [0.15, 0.2) is 10.9 Å². The zero-order chi connectivity index (χ0) is 8.43. The molecule has 0 bridgehead atoms. The standard InChI is InChI=1S/C6H6Cl2N2O/c1-10-3-9-6(8)5(10)4(11)2-7/h3H,2H2,1H3. The monoisotopic (exact) mass is 192 g/mol. The van der Waals surface area contributed by atoms with E-state index < -0.39 is 0 Å². The molecule has 0 aliphatic rings. The quantitative estimate of drug-likeness (QED) is 0.526. The van der Waals surface area contributed by atoms with E-state index in [1.165, 1.54) is 6.33 Å². The van der Waals surface area contributed by atoms with Crippen molar-refractivity contribution in [3.8, 4) is 0 Å². The van der Waals surface area contributed by atoms with Crippen LogP contribution >= 0.6 is 23.2 Å². The molecular weight excluding hydrogens is 187 g/mol. The topological polar surface area (TPSA) is 34.9 Å². The summed E-state index contributed by atoms with van der Waals surface area (Å²) in [6.45, 7) is 0. The number of ketones is 1. The van der Waals surface area contributed by atoms with Crippen molar-refractivity contribution in [2.75, 3.05) is 5.88 Å². The van der Waals surface area contributed by atoms with Crippen LogP contribution in [0.5, 0.6) is 0 Å². The zero-order valence-electron chi connectivity index (χ0n) is 5.84. The van der Waals surface area contributed by atoms with Crippen molar-refractivity contribution in [3.05, 3.63) is 17.2 Å². The number of Topliss-reactive ketones (excluding diaryl/α,β-unsaturated/α-hetero) is 1. The summed E-state index contributed by atoms with van der Waals surface area (Å²) < 4.78 is 1.55. The first kappa shape index (κ1) is 8.56. The highest BCUT2D eigenvalue weighted by atomic mass is 35.5. The van der Waals surface area contributed by atoms with Crippen molar-refractivity contribution in [3.63, 3.8) is 0 Å². The lowest BCUT2D eigenvalue weighted by molar-refractivity contribution is 0.101. The van der Waals surface area contributed by atoms with Gasteiger partial charge in [-0.25, -0.2) is 4.98 Å². The molecule has 5 heteroatoms. The third kappa shape index (κ3) is 1.54. The molecule has 1 aromatic rings. The van der Waals surface area contributed by atoms with Gasteiger partial charge in [0.1, 0.15) is 5.69 Å². The SMILES string of the molecule is Cn1cnc(Cl)c1C(=O)CCl. The molecule has 0 aliphatic carbocycles. The second kappa shape index (κ2) is 3.24. The molecule has 0 fully saturated rings. The first-order valence-electron chi connectivity index (χ1n) is 2.92. The Morgan fingerprint density at radius 2 is 2.45 bits per heavy atom. The maximum absolute atomic E-state index is 11.0. The van der Waals surface area contributed by atoms with Crippen LogP contribution in [-0.2, 0) is 7.05 Å². The fourth-order valence-corrected chi connectivity index (χ4v) is 1.19. The molecule has 0 atom stereocenters. The first-order valence-corrected chi connectivity index (χ1v) is 3.84. The number of halogens is 2. The highest BCUT2D eigenvalue weighted by molar-refractivity contribution is 6.36. The predicted molar refractivity (Wildman–Crippen MR) is 43.3 cm³/mol. The summed E-state index contributed by atoms with van der Waals surface area (Å²) >= 11 is 10.9. The van der Waals surface area contributed by atoms with E-state index in [0.717, 1.165) is 0 Å². The van der Waals surface area contributed by atoms with E-state index in [4.69, 9.17) is 23.2 Å². The maximum Gasteiger partial charge on any atom is 0.197 e. The van der Waals surface area contributed by atoms with Gasteiger partial charge < -0.3 is 4.57 Å². The summed E-state index contributed by atoms with van der Waals surface area (Å²) in [4.78, 5) is 14.8. The Balaban J connectivity index is 3.10. The molecule has 0 N–H and O–H groups in total. The van der Waals surface area contributed by atoms with Crippen LogP contribution in [0.25, 0.3) is 0 Å². The molecular formula is C6H6Cl2N2O. The average molecular weight is 193 g/mol. The van der Waals surface area contributed by atoms with Gasteiger partial charge in [-0.3, -0.25) is 4.79 Å². The van der Waals surface area contributed by atoms with Crippen LogP contribution in [0.1, 0.15) is 10.5 Å². The molecule has 1 heterocycles. The highest BCUT2D eigenvalue weighted by Crippen LogP contribution is 2.13. The summed E-state index contributed by atoms with van der Waals surface area (Å²) in [5, 5.41) is 0.207. The van der Waals surface area contributed by atoms with Crippen molar-refractivity contribution in [2.24, 2.45) is 7.05 Å². The second-order valence-electron chi connectivity index (χ2n) is 2.05. The van der Waals surface area contributed by atoms with Gasteiger partial charge in [-0.15, -0.1) is 11.6 Å². The van der Waals surface area contributed by atoms with Crippen LogP contribution in [0.15, 0.2) is 6.33 Å². The molecule has 60 valence electrons. The van der Waals surface area contributed by atoms with Gasteiger partial charge in [-0.05, 0) is 0 Å². The predicted octanol–water partition coefficient (Wildman–Crippen LogP) is 1.49. The lowest BCUT2D eigenvalue weighted by Gasteiger charge is -1.96. The van der Waals surface area contributed by atoms with Crippen LogP contribution in [0.2, 0.25) is 5.15 Å². The van der Waals surface area contributed by atoms with Gasteiger partial charge in [-0.1, -0.05) is 11.6 Å². The molecule has 0 radical (unpaired) electrons. The fraction of sp³-hybridized carbons (Fsp3) is 0.333. The fourth-order valence-electron chi connectivity index (χ4n) is 0.777. The normalized spacial score (nSPS) is 10.1. The van der Waals surface area contributed by atoms with Crippen molar-refractivity contribution < 1.29 is 4.79 Å². The van der Waals surface area contributed by atoms with E-state index in [-0.39, 0.29) is 16.8 Å². The van der Waals surface area contributed by atoms with Gasteiger partial charge >= 0.3 is 0 Å². The van der Waals surface area contributed by atoms with E-state index in [1.54, 1.807) is 11.6 Å². The minimum Gasteiger partial charge on any atom is -0.330 e. The van der Waals surface area contributed by atoms with E-state index >= 15 is 0 Å². The second-order valence-corrected chi connectivity index (χ2v) is 2.68. The van der Waals surface area contributed by atoms with Crippen molar-refractivity contribution >= 4 is 29.0 Å². The molecule has 0 saturated heterocycles. The average Bonchev–Trinajstić information content (AvgIpc) is 2.30. The molecule has 1 rings (SSSR count). The molecule has 11 heavy (non-hydrogen) atoms. The Labute approximate surface area is 73.9 Å². The molecule has 0 saturated carbocycles. The smallest absolute Gasteiger partial charge is 0.197 e. The molecule has 0 amide bonds. The van der Waals surface area contributed by atoms with Gasteiger partial charge in [0.2, 0.25) is 0 Å². The van der Waals surface area contributed by atoms with Crippen LogP contribution in [0, 0.1) is 0 Å². The molecule has 0 aromatic carbocycles. The zero-order valence-corrected chi connectivity index (χ0v) is 7.35. The Bertz CT molecular complexity index is 263. The summed E-state index contributed by atoms with van der Waals surface area (Å²) in [5.74, 6) is -0.282. The van der Waals surface area contributed by atoms with Gasteiger partial charge in [-0.2, -0.15) is 0 Å². The number of imidazole rings is 1. The van der Waals surface area contributed by atoms with E-state index in [9.17, 15) is 4.79 Å². The third-order valence-corrected chi connectivity index (χ3v) is 1.80. The van der Waals surface area contributed by atoms with Gasteiger partial charge in [0.05, 0.1) is 12.2 Å². The van der Waals surface area contributed by atoms with E-state index in [2.05, 4.69) is 4.98 Å². The Kier molecular flexibility index (Phi) is 2.52. The minimum absolute atomic E-state index is 0.0702. The largest absolute Gasteiger partial charge is 0.330 e. The number of alkyl halides is 1. The van der Waals surface area contributed by atoms with Crippen molar-refractivity contribution in [1.82, 2.24) is 9.55 Å². The molecule has 0 unspecified atom stereocenters. The van der Waals surface area contributed by atoms with Gasteiger partial charge in [0.25, 0.3) is 0 Å². The lowest BCUT2D eigenvalue weighted by Crippen LogP contribution is -2.06. The van der Waals surface area contributed by atoms with Crippen LogP contribution in [-0.4, -0.2) is 21.2 Å². The number of hydrogen-bond acceptors (Lipinski definition) is 2. The summed E-state index contributed by atoms with van der Waals surface area (Å²) in [6.07, 6.45) is 1.47. The Morgan fingerprint density at radius 1 is 1.82 bits per heavy atom.